The molecule has 2 aliphatic heterocycles. The number of hydrogen-bond donors (Lipinski definition) is 3. The molecule has 2 heterocycles. The molecule has 1 aromatic carbocycles. The van der Waals surface area contributed by atoms with E-state index < -0.39 is 24.6 Å². The number of hydrogen-bond acceptors (Lipinski definition) is 5. The van der Waals surface area contributed by atoms with Gasteiger partial charge >= 0.3 is 0 Å². The van der Waals surface area contributed by atoms with Crippen LogP contribution in [0.2, 0.25) is 0 Å². The highest BCUT2D eigenvalue weighted by Gasteiger charge is 2.43. The number of rotatable bonds is 10. The largest absolute Gasteiger partial charge is 0.395 e. The number of aliphatic hydroxyl groups excluding tert-OH is 2. The third-order valence-electron chi connectivity index (χ3n) is 8.70. The van der Waals surface area contributed by atoms with Gasteiger partial charge in [0.1, 0.15) is 0 Å². The van der Waals surface area contributed by atoms with Crippen molar-refractivity contribution in [2.75, 3.05) is 32.8 Å². The number of aliphatic hydroxyl groups is 2. The number of benzene rings is 1. The van der Waals surface area contributed by atoms with E-state index in [0.717, 1.165) is 25.7 Å². The average Bonchev–Trinajstić information content (AvgIpc) is 3.14. The monoisotopic (exact) mass is 521 g/mol. The number of piperidine rings is 1. The average molecular weight is 522 g/mol. The molecule has 2 atom stereocenters. The van der Waals surface area contributed by atoms with Crippen LogP contribution in [0.5, 0.6) is 0 Å². The molecular formula is C28H41F2N3O4. The Labute approximate surface area is 218 Å². The highest BCUT2D eigenvalue weighted by Crippen LogP contribution is 2.38. The number of fused-ring (bicyclic) bond motifs is 2. The van der Waals surface area contributed by atoms with Crippen LogP contribution in [0.25, 0.3) is 0 Å². The van der Waals surface area contributed by atoms with Crippen molar-refractivity contribution in [2.24, 2.45) is 11.3 Å². The van der Waals surface area contributed by atoms with E-state index >= 15 is 0 Å². The first-order valence-electron chi connectivity index (χ1n) is 13.6. The van der Waals surface area contributed by atoms with Gasteiger partial charge in [-0.25, -0.2) is 8.78 Å². The van der Waals surface area contributed by atoms with E-state index in [2.05, 4.69) is 10.2 Å². The molecule has 206 valence electrons. The van der Waals surface area contributed by atoms with Crippen LogP contribution < -0.4 is 5.32 Å². The fourth-order valence-corrected chi connectivity index (χ4v) is 6.29. The molecule has 2 amide bonds. The molecule has 0 spiro atoms. The molecule has 2 unspecified atom stereocenters. The maximum absolute atomic E-state index is 13.7. The molecule has 1 aliphatic carbocycles. The summed E-state index contributed by atoms with van der Waals surface area (Å²) in [4.78, 5) is 30.1. The van der Waals surface area contributed by atoms with E-state index in [4.69, 9.17) is 0 Å². The van der Waals surface area contributed by atoms with Gasteiger partial charge in [-0.3, -0.25) is 14.5 Å². The SMILES string of the molecule is CC(CO)(CO)C(=O)N(CCN1C2CCC1CC(NC(=O)c1ccccc1)C2)CC1CCC(F)(F)CC1. The van der Waals surface area contributed by atoms with Crippen LogP contribution in [0.3, 0.4) is 0 Å². The van der Waals surface area contributed by atoms with E-state index in [0.29, 0.717) is 50.1 Å². The minimum atomic E-state index is -2.63. The lowest BCUT2D eigenvalue weighted by atomic mass is 9.85. The molecule has 0 aromatic heterocycles. The third-order valence-corrected chi connectivity index (χ3v) is 8.70. The van der Waals surface area contributed by atoms with Crippen molar-refractivity contribution >= 4 is 11.8 Å². The second-order valence-electron chi connectivity index (χ2n) is 11.6. The number of nitrogens with zero attached hydrogens (tertiary/aromatic N) is 2. The van der Waals surface area contributed by atoms with Crippen molar-refractivity contribution in [1.82, 2.24) is 15.1 Å². The summed E-state index contributed by atoms with van der Waals surface area (Å²) in [5, 5.41) is 22.8. The van der Waals surface area contributed by atoms with E-state index in [1.165, 1.54) is 0 Å². The number of carbonyl (C=O) groups is 2. The molecule has 3 aliphatic rings. The molecular weight excluding hydrogens is 480 g/mol. The Bertz CT molecular complexity index is 903. The summed E-state index contributed by atoms with van der Waals surface area (Å²) in [5.74, 6) is -3.02. The van der Waals surface area contributed by atoms with Crippen LogP contribution >= 0.6 is 0 Å². The first-order valence-corrected chi connectivity index (χ1v) is 13.6. The normalized spacial score (nSPS) is 26.1. The minimum absolute atomic E-state index is 0.0131. The van der Waals surface area contributed by atoms with Crippen LogP contribution in [0.15, 0.2) is 30.3 Å². The summed E-state index contributed by atoms with van der Waals surface area (Å²) < 4.78 is 27.4. The topological polar surface area (TPSA) is 93.1 Å². The Balaban J connectivity index is 1.36. The van der Waals surface area contributed by atoms with E-state index in [1.807, 2.05) is 30.3 Å². The lowest BCUT2D eigenvalue weighted by Crippen LogP contribution is -2.54. The number of alkyl halides is 2. The third kappa shape index (κ3) is 6.67. The van der Waals surface area contributed by atoms with Gasteiger partial charge in [-0.05, 0) is 63.5 Å². The molecule has 4 rings (SSSR count). The van der Waals surface area contributed by atoms with Crippen molar-refractivity contribution < 1.29 is 28.6 Å². The quantitative estimate of drug-likeness (QED) is 0.440. The van der Waals surface area contributed by atoms with Crippen LogP contribution in [-0.2, 0) is 4.79 Å². The van der Waals surface area contributed by atoms with Crippen LogP contribution in [-0.4, -0.2) is 88.7 Å². The van der Waals surface area contributed by atoms with E-state index in [1.54, 1.807) is 11.8 Å². The van der Waals surface area contributed by atoms with Crippen molar-refractivity contribution in [3.63, 3.8) is 0 Å². The molecule has 2 bridgehead atoms. The Morgan fingerprint density at radius 3 is 2.22 bits per heavy atom. The zero-order valence-electron chi connectivity index (χ0n) is 21.7. The summed E-state index contributed by atoms with van der Waals surface area (Å²) in [6.07, 6.45) is 4.19. The molecule has 3 N–H and O–H groups in total. The summed E-state index contributed by atoms with van der Waals surface area (Å²) in [6, 6.07) is 9.94. The van der Waals surface area contributed by atoms with E-state index in [9.17, 15) is 28.6 Å². The Kier molecular flexibility index (Phi) is 8.86. The Morgan fingerprint density at radius 1 is 1.05 bits per heavy atom. The number of halogens is 2. The summed E-state index contributed by atoms with van der Waals surface area (Å²) >= 11 is 0. The predicted molar refractivity (Wildman–Crippen MR) is 136 cm³/mol. The molecule has 7 nitrogen and oxygen atoms in total. The lowest BCUT2D eigenvalue weighted by molar-refractivity contribution is -0.148. The maximum atomic E-state index is 13.7. The molecule has 37 heavy (non-hydrogen) atoms. The first-order chi connectivity index (χ1) is 17.6. The molecule has 9 heteroatoms. The Hall–Kier alpha value is -2.10. The number of carbonyl (C=O) groups excluding carboxylic acids is 2. The van der Waals surface area contributed by atoms with Gasteiger partial charge < -0.3 is 20.4 Å². The maximum Gasteiger partial charge on any atom is 0.251 e. The number of amides is 2. The molecule has 2 saturated heterocycles. The van der Waals surface area contributed by atoms with Gasteiger partial charge in [0.15, 0.2) is 0 Å². The highest BCUT2D eigenvalue weighted by atomic mass is 19.3. The second-order valence-corrected chi connectivity index (χ2v) is 11.6. The van der Waals surface area contributed by atoms with Crippen molar-refractivity contribution in [3.05, 3.63) is 35.9 Å². The second kappa shape index (κ2) is 11.7. The minimum Gasteiger partial charge on any atom is -0.395 e. The summed E-state index contributed by atoms with van der Waals surface area (Å²) in [5.41, 5.74) is -0.644. The van der Waals surface area contributed by atoms with Crippen molar-refractivity contribution in [3.8, 4) is 0 Å². The highest BCUT2D eigenvalue weighted by molar-refractivity contribution is 5.94. The van der Waals surface area contributed by atoms with Crippen molar-refractivity contribution in [1.29, 1.82) is 0 Å². The van der Waals surface area contributed by atoms with Crippen molar-refractivity contribution in [2.45, 2.75) is 82.3 Å². The van der Waals surface area contributed by atoms with Crippen LogP contribution in [0.1, 0.15) is 68.6 Å². The molecule has 1 saturated carbocycles. The van der Waals surface area contributed by atoms with E-state index in [-0.39, 0.29) is 36.6 Å². The lowest BCUT2D eigenvalue weighted by Gasteiger charge is -2.41. The molecule has 1 aromatic rings. The van der Waals surface area contributed by atoms with Gasteiger partial charge in [-0.1, -0.05) is 18.2 Å². The van der Waals surface area contributed by atoms with Gasteiger partial charge in [0, 0.05) is 56.2 Å². The fraction of sp³-hybridized carbons (Fsp3) is 0.714. The first kappa shape index (κ1) is 27.9. The van der Waals surface area contributed by atoms with Crippen LogP contribution in [0, 0.1) is 11.3 Å². The molecule has 3 fully saturated rings. The zero-order valence-corrected chi connectivity index (χ0v) is 21.7. The van der Waals surface area contributed by atoms with Gasteiger partial charge in [-0.15, -0.1) is 0 Å². The van der Waals surface area contributed by atoms with Gasteiger partial charge in [0.25, 0.3) is 5.91 Å². The number of nitrogens with one attached hydrogen (secondary N) is 1. The predicted octanol–water partition coefficient (Wildman–Crippen LogP) is 3.06. The molecule has 0 radical (unpaired) electrons. The smallest absolute Gasteiger partial charge is 0.251 e. The standard InChI is InChI=1S/C28H41F2N3O4/c1-27(18-34,19-35)26(37)32(17-20-9-11-28(29,30)12-10-20)13-14-33-23-7-8-24(33)16-22(15-23)31-25(36)21-5-3-2-4-6-21/h2-6,20,22-24,34-35H,7-19H2,1H3,(H,31,36). The summed E-state index contributed by atoms with van der Waals surface area (Å²) in [7, 11) is 0. The summed E-state index contributed by atoms with van der Waals surface area (Å²) in [6.45, 7) is 2.04. The van der Waals surface area contributed by atoms with Gasteiger partial charge in [0.2, 0.25) is 11.8 Å². The van der Waals surface area contributed by atoms with Crippen LogP contribution in [0.4, 0.5) is 8.78 Å². The van der Waals surface area contributed by atoms with Gasteiger partial charge in [0.05, 0.1) is 18.6 Å². The Morgan fingerprint density at radius 2 is 1.65 bits per heavy atom. The zero-order chi connectivity index (χ0) is 26.6. The van der Waals surface area contributed by atoms with Gasteiger partial charge in [-0.2, -0.15) is 0 Å². The fourth-order valence-electron chi connectivity index (χ4n) is 6.29.